The van der Waals surface area contributed by atoms with E-state index in [2.05, 4.69) is 57.9 Å². The molecule has 1 aromatic heterocycles. The molecule has 1 unspecified atom stereocenters. The monoisotopic (exact) mass is 505 g/mol. The van der Waals surface area contributed by atoms with Crippen molar-refractivity contribution in [3.8, 4) is 5.75 Å². The first-order valence-electron chi connectivity index (χ1n) is 11.1. The maximum Gasteiger partial charge on any atom is 0.251 e. The maximum atomic E-state index is 12.8. The molecule has 1 heterocycles. The minimum absolute atomic E-state index is 0.125. The summed E-state index contributed by atoms with van der Waals surface area (Å²) in [5, 5.41) is 3.09. The second kappa shape index (κ2) is 10.2. The Balaban J connectivity index is 1.47. The van der Waals surface area contributed by atoms with E-state index >= 15 is 0 Å². The van der Waals surface area contributed by atoms with Gasteiger partial charge in [-0.15, -0.1) is 0 Å². The van der Waals surface area contributed by atoms with Gasteiger partial charge in [0, 0.05) is 16.6 Å². The van der Waals surface area contributed by atoms with Gasteiger partial charge in [-0.1, -0.05) is 40.2 Å². The minimum atomic E-state index is -0.246. The number of amides is 1. The van der Waals surface area contributed by atoms with E-state index in [1.807, 2.05) is 49.4 Å². The quantitative estimate of drug-likeness (QED) is 0.283. The average molecular weight is 506 g/mol. The first-order chi connectivity index (χ1) is 15.9. The predicted octanol–water partition coefficient (Wildman–Crippen LogP) is 6.38. The van der Waals surface area contributed by atoms with E-state index in [0.29, 0.717) is 12.2 Å². The Bertz CT molecular complexity index is 1280. The maximum absolute atomic E-state index is 12.8. The zero-order chi connectivity index (χ0) is 23.4. The number of ether oxygens (including phenoxy) is 1. The van der Waals surface area contributed by atoms with Crippen LogP contribution in [0.15, 0.2) is 71.2 Å². The highest BCUT2D eigenvalue weighted by Gasteiger charge is 2.19. The van der Waals surface area contributed by atoms with Crippen LogP contribution in [-0.4, -0.2) is 22.1 Å². The van der Waals surface area contributed by atoms with Gasteiger partial charge in [-0.05, 0) is 80.8 Å². The van der Waals surface area contributed by atoms with Gasteiger partial charge in [0.15, 0.2) is 0 Å². The molecule has 33 heavy (non-hydrogen) atoms. The number of aryl methyl sites for hydroxylation is 3. The van der Waals surface area contributed by atoms with Crippen molar-refractivity contribution in [1.82, 2.24) is 14.9 Å². The molecular weight excluding hydrogens is 478 g/mol. The molecule has 0 aliphatic rings. The molecule has 1 amide bonds. The first-order valence-corrected chi connectivity index (χ1v) is 11.9. The number of imidazole rings is 1. The summed E-state index contributed by atoms with van der Waals surface area (Å²) in [6.45, 7) is 7.52. The van der Waals surface area contributed by atoms with Crippen LogP contribution in [0.4, 0.5) is 0 Å². The Kier molecular flexibility index (Phi) is 7.14. The van der Waals surface area contributed by atoms with Gasteiger partial charge in [0.2, 0.25) is 0 Å². The summed E-state index contributed by atoms with van der Waals surface area (Å²) in [5.41, 5.74) is 5.08. The molecule has 0 aliphatic carbocycles. The van der Waals surface area contributed by atoms with Crippen molar-refractivity contribution in [1.29, 1.82) is 0 Å². The molecule has 5 nitrogen and oxygen atoms in total. The third kappa shape index (κ3) is 5.45. The van der Waals surface area contributed by atoms with Crippen molar-refractivity contribution >= 4 is 32.9 Å². The highest BCUT2D eigenvalue weighted by atomic mass is 79.9. The molecular formula is C27H28BrN3O2. The summed E-state index contributed by atoms with van der Waals surface area (Å²) in [7, 11) is 0. The molecule has 1 N–H and O–H groups in total. The fourth-order valence-electron chi connectivity index (χ4n) is 3.85. The lowest BCUT2D eigenvalue weighted by molar-refractivity contribution is 0.0937. The lowest BCUT2D eigenvalue weighted by Crippen LogP contribution is -2.28. The summed E-state index contributed by atoms with van der Waals surface area (Å²) in [6.07, 6.45) is 0.826. The van der Waals surface area contributed by atoms with Gasteiger partial charge in [0.1, 0.15) is 11.6 Å². The van der Waals surface area contributed by atoms with Crippen molar-refractivity contribution in [2.24, 2.45) is 0 Å². The van der Waals surface area contributed by atoms with Crippen LogP contribution in [0.1, 0.15) is 46.7 Å². The Morgan fingerprint density at radius 1 is 1.06 bits per heavy atom. The van der Waals surface area contributed by atoms with Crippen LogP contribution in [0, 0.1) is 13.8 Å². The van der Waals surface area contributed by atoms with Crippen molar-refractivity contribution in [3.05, 3.63) is 93.7 Å². The predicted molar refractivity (Wildman–Crippen MR) is 136 cm³/mol. The van der Waals surface area contributed by atoms with Crippen molar-refractivity contribution < 1.29 is 9.53 Å². The number of carbonyl (C=O) groups excluding carboxylic acids is 1. The molecule has 0 saturated heterocycles. The Hall–Kier alpha value is -3.12. The molecule has 6 heteroatoms. The Labute approximate surface area is 202 Å². The van der Waals surface area contributed by atoms with Gasteiger partial charge in [-0.3, -0.25) is 4.79 Å². The molecule has 0 spiro atoms. The highest BCUT2D eigenvalue weighted by molar-refractivity contribution is 9.10. The second-order valence-electron chi connectivity index (χ2n) is 8.26. The molecule has 4 aromatic rings. The van der Waals surface area contributed by atoms with Gasteiger partial charge in [-0.25, -0.2) is 4.98 Å². The number of nitrogens with one attached hydrogen (secondary N) is 1. The third-order valence-corrected chi connectivity index (χ3v) is 6.27. The van der Waals surface area contributed by atoms with E-state index in [1.54, 1.807) is 6.07 Å². The van der Waals surface area contributed by atoms with Crippen LogP contribution in [0.5, 0.6) is 5.75 Å². The molecule has 0 fully saturated rings. The summed E-state index contributed by atoms with van der Waals surface area (Å²) in [6, 6.07) is 21.4. The molecule has 0 aliphatic heterocycles. The zero-order valence-electron chi connectivity index (χ0n) is 19.1. The topological polar surface area (TPSA) is 56.1 Å². The summed E-state index contributed by atoms with van der Waals surface area (Å²) >= 11 is 3.43. The number of fused-ring (bicyclic) bond motifs is 1. The van der Waals surface area contributed by atoms with Gasteiger partial charge >= 0.3 is 0 Å². The van der Waals surface area contributed by atoms with E-state index in [9.17, 15) is 4.79 Å². The van der Waals surface area contributed by atoms with Gasteiger partial charge in [-0.2, -0.15) is 0 Å². The number of benzene rings is 3. The van der Waals surface area contributed by atoms with E-state index in [1.165, 1.54) is 11.1 Å². The molecule has 170 valence electrons. The molecule has 0 saturated carbocycles. The van der Waals surface area contributed by atoms with Crippen LogP contribution in [0.3, 0.4) is 0 Å². The van der Waals surface area contributed by atoms with Crippen LogP contribution >= 0.6 is 15.9 Å². The number of carbonyl (C=O) groups is 1. The van der Waals surface area contributed by atoms with Gasteiger partial charge < -0.3 is 14.6 Å². The number of hydrogen-bond donors (Lipinski definition) is 1. The fraction of sp³-hybridized carbons (Fsp3) is 0.259. The second-order valence-corrected chi connectivity index (χ2v) is 9.18. The van der Waals surface area contributed by atoms with Crippen molar-refractivity contribution in [2.45, 2.75) is 39.8 Å². The lowest BCUT2D eigenvalue weighted by Gasteiger charge is -2.17. The number of para-hydroxylation sites is 2. The molecule has 0 radical (unpaired) electrons. The molecule has 3 aromatic carbocycles. The van der Waals surface area contributed by atoms with Gasteiger partial charge in [0.25, 0.3) is 5.91 Å². The third-order valence-electron chi connectivity index (χ3n) is 5.78. The van der Waals surface area contributed by atoms with Crippen LogP contribution in [0.25, 0.3) is 11.0 Å². The van der Waals surface area contributed by atoms with Crippen LogP contribution in [0.2, 0.25) is 0 Å². The van der Waals surface area contributed by atoms with E-state index < -0.39 is 0 Å². The van der Waals surface area contributed by atoms with Crippen LogP contribution < -0.4 is 10.1 Å². The zero-order valence-corrected chi connectivity index (χ0v) is 20.7. The lowest BCUT2D eigenvalue weighted by atomic mass is 10.1. The summed E-state index contributed by atoms with van der Waals surface area (Å²) in [4.78, 5) is 17.6. The average Bonchev–Trinajstić information content (AvgIpc) is 3.18. The number of rotatable bonds is 8. The number of nitrogens with zero attached hydrogens (tertiary/aromatic N) is 2. The van der Waals surface area contributed by atoms with E-state index in [-0.39, 0.29) is 11.9 Å². The van der Waals surface area contributed by atoms with Crippen molar-refractivity contribution in [2.75, 3.05) is 6.61 Å². The minimum Gasteiger partial charge on any atom is -0.494 e. The summed E-state index contributed by atoms with van der Waals surface area (Å²) in [5.74, 6) is 1.61. The molecule has 4 rings (SSSR count). The smallest absolute Gasteiger partial charge is 0.251 e. The highest BCUT2D eigenvalue weighted by Crippen LogP contribution is 2.23. The Morgan fingerprint density at radius 2 is 1.88 bits per heavy atom. The fourth-order valence-corrected chi connectivity index (χ4v) is 4.25. The molecule has 1 atom stereocenters. The van der Waals surface area contributed by atoms with Crippen LogP contribution in [-0.2, 0) is 6.54 Å². The van der Waals surface area contributed by atoms with Gasteiger partial charge in [0.05, 0.1) is 23.7 Å². The SMILES string of the molecule is Cc1ccc(OCCCn2c(C(C)NC(=O)c3cccc(Br)c3)nc3ccccc32)cc1C. The number of hydrogen-bond acceptors (Lipinski definition) is 3. The van der Waals surface area contributed by atoms with Crippen molar-refractivity contribution in [3.63, 3.8) is 0 Å². The van der Waals surface area contributed by atoms with E-state index in [0.717, 1.165) is 40.0 Å². The number of halogens is 1. The van der Waals surface area contributed by atoms with E-state index in [4.69, 9.17) is 9.72 Å². The largest absolute Gasteiger partial charge is 0.494 e. The molecule has 0 bridgehead atoms. The summed E-state index contributed by atoms with van der Waals surface area (Å²) < 4.78 is 9.04. The first kappa shape index (κ1) is 23.1. The standard InChI is InChI=1S/C27H28BrN3O2/c1-18-12-13-23(16-19(18)2)33-15-7-14-31-25-11-5-4-10-24(25)30-26(31)20(3)29-27(32)21-8-6-9-22(28)17-21/h4-6,8-13,16-17,20H,7,14-15H2,1-3H3,(H,29,32). The number of aromatic nitrogens is 2. The normalized spacial score (nSPS) is 12.0. The Morgan fingerprint density at radius 3 is 2.67 bits per heavy atom.